The van der Waals surface area contributed by atoms with Gasteiger partial charge in [0.05, 0.1) is 24.3 Å². The fourth-order valence-corrected chi connectivity index (χ4v) is 1.48. The largest absolute Gasteiger partial charge is 0.346 e. The molecule has 0 fully saturated rings. The highest BCUT2D eigenvalue weighted by molar-refractivity contribution is 5.95. The monoisotopic (exact) mass is 272 g/mol. The van der Waals surface area contributed by atoms with Crippen LogP contribution in [0.4, 0.5) is 8.78 Å². The zero-order chi connectivity index (χ0) is 14.6. The number of nitrogens with zero attached hydrogens (tertiary/aromatic N) is 2. The molecular formula is C12H18F2N4O. The molecule has 0 aromatic carbocycles. The number of aromatic nitrogens is 2. The third-order valence-corrected chi connectivity index (χ3v) is 2.54. The number of carbonyl (C=O) groups excluding carboxylic acids is 1. The van der Waals surface area contributed by atoms with Crippen LogP contribution in [0, 0.1) is 6.92 Å². The first kappa shape index (κ1) is 15.4. The van der Waals surface area contributed by atoms with Gasteiger partial charge in [-0.25, -0.2) is 18.7 Å². The van der Waals surface area contributed by atoms with Crippen LogP contribution in [0.25, 0.3) is 0 Å². The summed E-state index contributed by atoms with van der Waals surface area (Å²) in [5.74, 6) is -3.19. The van der Waals surface area contributed by atoms with Crippen LogP contribution in [0.15, 0.2) is 6.20 Å². The maximum Gasteiger partial charge on any atom is 0.277 e. The Bertz CT molecular complexity index is 463. The molecule has 0 aliphatic carbocycles. The van der Waals surface area contributed by atoms with Crippen LogP contribution in [0.3, 0.4) is 0 Å². The van der Waals surface area contributed by atoms with Crippen molar-refractivity contribution in [3.63, 3.8) is 0 Å². The van der Waals surface area contributed by atoms with Gasteiger partial charge >= 0.3 is 0 Å². The average molecular weight is 272 g/mol. The molecule has 5 nitrogen and oxygen atoms in total. The number of aryl methyl sites for hydroxylation is 1. The number of amides is 1. The van der Waals surface area contributed by atoms with Gasteiger partial charge in [0.15, 0.2) is 0 Å². The van der Waals surface area contributed by atoms with Gasteiger partial charge in [0.25, 0.3) is 11.8 Å². The topological polar surface area (TPSA) is 80.9 Å². The Balaban J connectivity index is 2.88. The van der Waals surface area contributed by atoms with E-state index in [9.17, 15) is 13.6 Å². The van der Waals surface area contributed by atoms with E-state index in [0.29, 0.717) is 11.5 Å². The van der Waals surface area contributed by atoms with Crippen LogP contribution in [0.5, 0.6) is 0 Å². The molecule has 0 atom stereocenters. The van der Waals surface area contributed by atoms with Gasteiger partial charge in [-0.05, 0) is 12.8 Å². The van der Waals surface area contributed by atoms with Crippen molar-refractivity contribution >= 4 is 5.91 Å². The third kappa shape index (κ3) is 4.20. The van der Waals surface area contributed by atoms with Crippen molar-refractivity contribution in [2.24, 2.45) is 5.73 Å². The number of rotatable bonds is 5. The molecule has 0 aliphatic heterocycles. The van der Waals surface area contributed by atoms with Crippen molar-refractivity contribution in [1.82, 2.24) is 15.3 Å². The van der Waals surface area contributed by atoms with E-state index in [1.807, 2.05) is 13.8 Å². The highest BCUT2D eigenvalue weighted by Gasteiger charge is 2.28. The van der Waals surface area contributed by atoms with E-state index in [-0.39, 0.29) is 11.5 Å². The minimum absolute atomic E-state index is 0.00234. The number of nitrogens with two attached hydrogens (primary N) is 1. The molecule has 1 aromatic heterocycles. The quantitative estimate of drug-likeness (QED) is 0.844. The summed E-state index contributed by atoms with van der Waals surface area (Å²) in [5, 5.41) is 2.16. The highest BCUT2D eigenvalue weighted by atomic mass is 19.3. The van der Waals surface area contributed by atoms with E-state index < -0.39 is 24.9 Å². The smallest absolute Gasteiger partial charge is 0.277 e. The molecule has 0 aliphatic rings. The Labute approximate surface area is 110 Å². The lowest BCUT2D eigenvalue weighted by Crippen LogP contribution is -2.41. The lowest BCUT2D eigenvalue weighted by molar-refractivity contribution is 0.0118. The number of hydrogen-bond acceptors (Lipinski definition) is 4. The molecule has 1 aromatic rings. The molecule has 3 N–H and O–H groups in total. The predicted molar refractivity (Wildman–Crippen MR) is 67.2 cm³/mol. The Morgan fingerprint density at radius 3 is 2.68 bits per heavy atom. The van der Waals surface area contributed by atoms with Crippen molar-refractivity contribution in [3.05, 3.63) is 23.3 Å². The lowest BCUT2D eigenvalue weighted by atomic mass is 10.0. The van der Waals surface area contributed by atoms with Crippen molar-refractivity contribution in [2.45, 2.75) is 32.6 Å². The van der Waals surface area contributed by atoms with Gasteiger partial charge < -0.3 is 11.1 Å². The molecular weight excluding hydrogens is 254 g/mol. The summed E-state index contributed by atoms with van der Waals surface area (Å²) in [4.78, 5) is 20.0. The van der Waals surface area contributed by atoms with Gasteiger partial charge in [0.2, 0.25) is 0 Å². The number of alkyl halides is 2. The molecule has 0 saturated heterocycles. The first-order chi connectivity index (χ1) is 8.76. The molecule has 1 heterocycles. The van der Waals surface area contributed by atoms with Crippen LogP contribution >= 0.6 is 0 Å². The Morgan fingerprint density at radius 1 is 1.53 bits per heavy atom. The fourth-order valence-electron chi connectivity index (χ4n) is 1.48. The number of hydrogen-bond donors (Lipinski definition) is 2. The van der Waals surface area contributed by atoms with Gasteiger partial charge in [-0.2, -0.15) is 0 Å². The van der Waals surface area contributed by atoms with E-state index >= 15 is 0 Å². The van der Waals surface area contributed by atoms with Crippen LogP contribution in [0.2, 0.25) is 0 Å². The van der Waals surface area contributed by atoms with E-state index in [2.05, 4.69) is 15.3 Å². The number of nitrogens with one attached hydrogen (secondary N) is 1. The summed E-state index contributed by atoms with van der Waals surface area (Å²) >= 11 is 0. The zero-order valence-corrected chi connectivity index (χ0v) is 11.2. The van der Waals surface area contributed by atoms with Crippen LogP contribution < -0.4 is 11.1 Å². The van der Waals surface area contributed by atoms with Gasteiger partial charge in [0, 0.05) is 6.20 Å². The minimum Gasteiger partial charge on any atom is -0.346 e. The van der Waals surface area contributed by atoms with Crippen molar-refractivity contribution in [1.29, 1.82) is 0 Å². The first-order valence-corrected chi connectivity index (χ1v) is 5.96. The number of carbonyl (C=O) groups is 1. The lowest BCUT2D eigenvalue weighted by Gasteiger charge is -2.16. The van der Waals surface area contributed by atoms with Gasteiger partial charge in [-0.15, -0.1) is 0 Å². The Morgan fingerprint density at radius 2 is 2.16 bits per heavy atom. The summed E-state index contributed by atoms with van der Waals surface area (Å²) < 4.78 is 26.0. The van der Waals surface area contributed by atoms with Crippen molar-refractivity contribution in [3.8, 4) is 0 Å². The molecule has 1 amide bonds. The van der Waals surface area contributed by atoms with Crippen LogP contribution in [0.1, 0.15) is 41.6 Å². The molecule has 0 saturated carbocycles. The Kier molecular flexibility index (Phi) is 4.88. The van der Waals surface area contributed by atoms with Crippen molar-refractivity contribution in [2.75, 3.05) is 13.1 Å². The van der Waals surface area contributed by atoms with Gasteiger partial charge in [-0.1, -0.05) is 13.8 Å². The standard InChI is InChI=1S/C12H18F2N4O/c1-7(2)10-9(4-16-8(3)18-10)11(19)17-6-12(13,14)5-15/h4,7H,5-6,15H2,1-3H3,(H,17,19). The van der Waals surface area contributed by atoms with Gasteiger partial charge in [-0.3, -0.25) is 4.79 Å². The molecule has 7 heteroatoms. The molecule has 0 spiro atoms. The normalized spacial score (nSPS) is 11.7. The average Bonchev–Trinajstić information content (AvgIpc) is 2.36. The zero-order valence-electron chi connectivity index (χ0n) is 11.2. The third-order valence-electron chi connectivity index (χ3n) is 2.54. The number of halogens is 2. The molecule has 0 unspecified atom stereocenters. The highest BCUT2D eigenvalue weighted by Crippen LogP contribution is 2.17. The van der Waals surface area contributed by atoms with E-state index in [1.54, 1.807) is 6.92 Å². The molecule has 0 bridgehead atoms. The minimum atomic E-state index is -3.11. The summed E-state index contributed by atoms with van der Waals surface area (Å²) in [5.41, 5.74) is 5.66. The summed E-state index contributed by atoms with van der Waals surface area (Å²) in [6, 6.07) is 0. The maximum atomic E-state index is 13.0. The summed E-state index contributed by atoms with van der Waals surface area (Å²) in [6.07, 6.45) is 1.35. The predicted octanol–water partition coefficient (Wildman–Crippen LogP) is 1.23. The molecule has 106 valence electrons. The SMILES string of the molecule is Cc1ncc(C(=O)NCC(F)(F)CN)c(C(C)C)n1. The molecule has 1 rings (SSSR count). The second-order valence-corrected chi connectivity index (χ2v) is 4.61. The van der Waals surface area contributed by atoms with Crippen molar-refractivity contribution < 1.29 is 13.6 Å². The van der Waals surface area contributed by atoms with Crippen LogP contribution in [-0.2, 0) is 0 Å². The van der Waals surface area contributed by atoms with E-state index in [0.717, 1.165) is 0 Å². The summed E-state index contributed by atoms with van der Waals surface area (Å²) in [7, 11) is 0. The van der Waals surface area contributed by atoms with E-state index in [1.165, 1.54) is 6.20 Å². The fraction of sp³-hybridized carbons (Fsp3) is 0.583. The van der Waals surface area contributed by atoms with E-state index in [4.69, 9.17) is 5.73 Å². The second-order valence-electron chi connectivity index (χ2n) is 4.61. The first-order valence-electron chi connectivity index (χ1n) is 5.96. The maximum absolute atomic E-state index is 13.0. The van der Waals surface area contributed by atoms with Gasteiger partial charge in [0.1, 0.15) is 5.82 Å². The second kappa shape index (κ2) is 6.01. The summed E-state index contributed by atoms with van der Waals surface area (Å²) in [6.45, 7) is 3.83. The Hall–Kier alpha value is -1.63. The molecule has 19 heavy (non-hydrogen) atoms. The van der Waals surface area contributed by atoms with Crippen LogP contribution in [-0.4, -0.2) is 34.9 Å². The molecule has 0 radical (unpaired) electrons.